The van der Waals surface area contributed by atoms with Crippen LogP contribution in [0.5, 0.6) is 0 Å². The number of carbonyl (C=O) groups excluding carboxylic acids is 1. The first-order valence-electron chi connectivity index (χ1n) is 6.38. The van der Waals surface area contributed by atoms with Crippen LogP contribution in [-0.4, -0.2) is 28.4 Å². The van der Waals surface area contributed by atoms with Crippen molar-refractivity contribution in [3.05, 3.63) is 15.6 Å². The lowest BCUT2D eigenvalue weighted by atomic mass is 10.00. The molecule has 0 radical (unpaired) electrons. The molecule has 0 aromatic carbocycles. The van der Waals surface area contributed by atoms with Crippen molar-refractivity contribution in [1.82, 2.24) is 9.88 Å². The van der Waals surface area contributed by atoms with Gasteiger partial charge in [0.05, 0.1) is 10.7 Å². The second kappa shape index (κ2) is 5.17. The normalized spacial score (nSPS) is 20.6. The van der Waals surface area contributed by atoms with Gasteiger partial charge in [-0.3, -0.25) is 4.79 Å². The highest BCUT2D eigenvalue weighted by Gasteiger charge is 2.28. The standard InChI is InChI=1S/C13H20N2OS/c1-4-11-7-5-6-8-15(11)13(16)12-9(2)14-10(3)17-12/h11H,4-8H2,1-3H3. The van der Waals surface area contributed by atoms with Gasteiger partial charge in [-0.1, -0.05) is 6.92 Å². The Balaban J connectivity index is 2.21. The first kappa shape index (κ1) is 12.6. The summed E-state index contributed by atoms with van der Waals surface area (Å²) in [6.45, 7) is 6.97. The van der Waals surface area contributed by atoms with Crippen molar-refractivity contribution in [1.29, 1.82) is 0 Å². The zero-order valence-electron chi connectivity index (χ0n) is 10.8. The van der Waals surface area contributed by atoms with Crippen molar-refractivity contribution in [2.75, 3.05) is 6.54 Å². The van der Waals surface area contributed by atoms with Crippen LogP contribution in [0.1, 0.15) is 53.0 Å². The second-order valence-corrected chi connectivity index (χ2v) is 5.91. The fraction of sp³-hybridized carbons (Fsp3) is 0.692. The van der Waals surface area contributed by atoms with Gasteiger partial charge in [-0.25, -0.2) is 4.98 Å². The van der Waals surface area contributed by atoms with Gasteiger partial charge in [-0.15, -0.1) is 11.3 Å². The number of thiazole rings is 1. The fourth-order valence-electron chi connectivity index (χ4n) is 2.55. The highest BCUT2D eigenvalue weighted by Crippen LogP contribution is 2.25. The number of amides is 1. The quantitative estimate of drug-likeness (QED) is 0.810. The summed E-state index contributed by atoms with van der Waals surface area (Å²) in [5, 5.41) is 0.982. The van der Waals surface area contributed by atoms with Gasteiger partial charge in [0, 0.05) is 12.6 Å². The molecule has 0 bridgehead atoms. The number of aromatic nitrogens is 1. The molecule has 1 saturated heterocycles. The molecule has 1 atom stereocenters. The van der Waals surface area contributed by atoms with Crippen molar-refractivity contribution >= 4 is 17.2 Å². The van der Waals surface area contributed by atoms with Crippen LogP contribution >= 0.6 is 11.3 Å². The van der Waals surface area contributed by atoms with Crippen molar-refractivity contribution in [2.24, 2.45) is 0 Å². The minimum Gasteiger partial charge on any atom is -0.335 e. The molecule has 2 rings (SSSR count). The highest BCUT2D eigenvalue weighted by molar-refractivity contribution is 7.13. The van der Waals surface area contributed by atoms with Gasteiger partial charge in [0.25, 0.3) is 5.91 Å². The number of hydrogen-bond acceptors (Lipinski definition) is 3. The maximum atomic E-state index is 12.5. The van der Waals surface area contributed by atoms with Crippen LogP contribution in [-0.2, 0) is 0 Å². The average Bonchev–Trinajstić information content (AvgIpc) is 2.67. The van der Waals surface area contributed by atoms with E-state index in [-0.39, 0.29) is 5.91 Å². The predicted octanol–water partition coefficient (Wildman–Crippen LogP) is 3.16. The van der Waals surface area contributed by atoms with Gasteiger partial charge in [-0.05, 0) is 39.5 Å². The lowest BCUT2D eigenvalue weighted by Crippen LogP contribution is -2.43. The molecule has 4 heteroatoms. The summed E-state index contributed by atoms with van der Waals surface area (Å²) >= 11 is 1.53. The Bertz CT molecular complexity index is 414. The molecule has 1 unspecified atom stereocenters. The van der Waals surface area contributed by atoms with E-state index in [9.17, 15) is 4.79 Å². The Morgan fingerprint density at radius 1 is 1.47 bits per heavy atom. The van der Waals surface area contributed by atoms with E-state index >= 15 is 0 Å². The maximum Gasteiger partial charge on any atom is 0.266 e. The van der Waals surface area contributed by atoms with E-state index in [2.05, 4.69) is 16.8 Å². The molecule has 2 heterocycles. The lowest BCUT2D eigenvalue weighted by Gasteiger charge is -2.35. The topological polar surface area (TPSA) is 33.2 Å². The number of piperidine rings is 1. The van der Waals surface area contributed by atoms with E-state index in [0.717, 1.165) is 41.4 Å². The smallest absolute Gasteiger partial charge is 0.266 e. The Morgan fingerprint density at radius 2 is 2.24 bits per heavy atom. The summed E-state index contributed by atoms with van der Waals surface area (Å²) in [4.78, 5) is 19.7. The molecule has 1 amide bonds. The van der Waals surface area contributed by atoms with Crippen molar-refractivity contribution < 1.29 is 4.79 Å². The molecule has 3 nitrogen and oxygen atoms in total. The van der Waals surface area contributed by atoms with Crippen LogP contribution in [0.3, 0.4) is 0 Å². The molecule has 1 aromatic heterocycles. The minimum atomic E-state index is 0.194. The average molecular weight is 252 g/mol. The van der Waals surface area contributed by atoms with E-state index in [1.54, 1.807) is 0 Å². The maximum absolute atomic E-state index is 12.5. The van der Waals surface area contributed by atoms with Crippen LogP contribution in [0.2, 0.25) is 0 Å². The Kier molecular flexibility index (Phi) is 3.82. The van der Waals surface area contributed by atoms with E-state index in [1.165, 1.54) is 17.8 Å². The van der Waals surface area contributed by atoms with E-state index in [4.69, 9.17) is 0 Å². The summed E-state index contributed by atoms with van der Waals surface area (Å²) in [6.07, 6.45) is 4.60. The Labute approximate surface area is 107 Å². The van der Waals surface area contributed by atoms with Crippen molar-refractivity contribution in [3.8, 4) is 0 Å². The Hall–Kier alpha value is -0.900. The molecule has 0 saturated carbocycles. The SMILES string of the molecule is CCC1CCCCN1C(=O)c1sc(C)nc1C. The summed E-state index contributed by atoms with van der Waals surface area (Å²) in [5.74, 6) is 0.194. The molecular weight excluding hydrogens is 232 g/mol. The van der Waals surface area contributed by atoms with Crippen LogP contribution in [0.4, 0.5) is 0 Å². The van der Waals surface area contributed by atoms with Gasteiger partial charge < -0.3 is 4.90 Å². The van der Waals surface area contributed by atoms with E-state index in [1.807, 2.05) is 13.8 Å². The van der Waals surface area contributed by atoms with Crippen LogP contribution < -0.4 is 0 Å². The Morgan fingerprint density at radius 3 is 2.82 bits per heavy atom. The number of aryl methyl sites for hydroxylation is 2. The third-order valence-electron chi connectivity index (χ3n) is 3.46. The fourth-order valence-corrected chi connectivity index (χ4v) is 3.43. The molecule has 0 N–H and O–H groups in total. The lowest BCUT2D eigenvalue weighted by molar-refractivity contribution is 0.0612. The molecule has 1 aromatic rings. The molecule has 0 spiro atoms. The zero-order chi connectivity index (χ0) is 12.4. The number of hydrogen-bond donors (Lipinski definition) is 0. The predicted molar refractivity (Wildman–Crippen MR) is 70.6 cm³/mol. The molecule has 1 aliphatic heterocycles. The highest BCUT2D eigenvalue weighted by atomic mass is 32.1. The van der Waals surface area contributed by atoms with Crippen molar-refractivity contribution in [3.63, 3.8) is 0 Å². The third kappa shape index (κ3) is 2.51. The summed E-state index contributed by atoms with van der Waals surface area (Å²) < 4.78 is 0. The summed E-state index contributed by atoms with van der Waals surface area (Å²) in [6, 6.07) is 0.429. The molecule has 0 aliphatic carbocycles. The van der Waals surface area contributed by atoms with E-state index in [0.29, 0.717) is 6.04 Å². The molecule has 1 aliphatic rings. The number of nitrogens with zero attached hydrogens (tertiary/aromatic N) is 2. The van der Waals surface area contributed by atoms with Gasteiger partial charge in [0.2, 0.25) is 0 Å². The number of rotatable bonds is 2. The van der Waals surface area contributed by atoms with Gasteiger partial charge in [0.15, 0.2) is 0 Å². The second-order valence-electron chi connectivity index (χ2n) is 4.70. The monoisotopic (exact) mass is 252 g/mol. The summed E-state index contributed by atoms with van der Waals surface area (Å²) in [7, 11) is 0. The third-order valence-corrected chi connectivity index (χ3v) is 4.52. The van der Waals surface area contributed by atoms with Crippen LogP contribution in [0, 0.1) is 13.8 Å². The summed E-state index contributed by atoms with van der Waals surface area (Å²) in [5.41, 5.74) is 0.887. The molecule has 1 fully saturated rings. The van der Waals surface area contributed by atoms with E-state index < -0.39 is 0 Å². The number of likely N-dealkylation sites (tertiary alicyclic amines) is 1. The molecular formula is C13H20N2OS. The molecule has 17 heavy (non-hydrogen) atoms. The van der Waals surface area contributed by atoms with Gasteiger partial charge in [-0.2, -0.15) is 0 Å². The zero-order valence-corrected chi connectivity index (χ0v) is 11.6. The first-order valence-corrected chi connectivity index (χ1v) is 7.20. The first-order chi connectivity index (χ1) is 8.13. The van der Waals surface area contributed by atoms with Crippen LogP contribution in [0.25, 0.3) is 0 Å². The van der Waals surface area contributed by atoms with Crippen LogP contribution in [0.15, 0.2) is 0 Å². The van der Waals surface area contributed by atoms with Gasteiger partial charge >= 0.3 is 0 Å². The largest absolute Gasteiger partial charge is 0.335 e. The molecule has 94 valence electrons. The minimum absolute atomic E-state index is 0.194. The van der Waals surface area contributed by atoms with Crippen molar-refractivity contribution in [2.45, 2.75) is 52.5 Å². The van der Waals surface area contributed by atoms with Gasteiger partial charge in [0.1, 0.15) is 4.88 Å². The number of carbonyl (C=O) groups is 1.